The van der Waals surface area contributed by atoms with E-state index in [1.165, 1.54) is 31.4 Å². The molecule has 0 saturated carbocycles. The lowest BCUT2D eigenvalue weighted by molar-refractivity contribution is -0.141. The Kier molecular flexibility index (Phi) is 7.75. The first-order valence-corrected chi connectivity index (χ1v) is 10.1. The zero-order valence-electron chi connectivity index (χ0n) is 17.9. The van der Waals surface area contributed by atoms with E-state index in [1.807, 2.05) is 0 Å². The molecule has 0 radical (unpaired) electrons. The van der Waals surface area contributed by atoms with Crippen LogP contribution < -0.4 is 15.8 Å². The number of hydrogen-bond donors (Lipinski definition) is 2. The number of ether oxygens (including phenoxy) is 2. The van der Waals surface area contributed by atoms with Gasteiger partial charge in [-0.1, -0.05) is 36.4 Å². The fraction of sp³-hybridized carbons (Fsp3) is 0.160. The zero-order valence-corrected chi connectivity index (χ0v) is 17.9. The fourth-order valence-electron chi connectivity index (χ4n) is 3.20. The Labute approximate surface area is 190 Å². The number of carbonyl (C=O) groups is 3. The highest BCUT2D eigenvalue weighted by atomic mass is 19.1. The molecule has 0 aromatic heterocycles. The third-order valence-corrected chi connectivity index (χ3v) is 4.91. The van der Waals surface area contributed by atoms with Crippen molar-refractivity contribution in [1.82, 2.24) is 5.32 Å². The summed E-state index contributed by atoms with van der Waals surface area (Å²) in [4.78, 5) is 36.3. The van der Waals surface area contributed by atoms with Gasteiger partial charge in [-0.2, -0.15) is 0 Å². The van der Waals surface area contributed by atoms with E-state index in [2.05, 4.69) is 5.32 Å². The summed E-state index contributed by atoms with van der Waals surface area (Å²) in [5.74, 6) is -1.62. The highest BCUT2D eigenvalue weighted by molar-refractivity contribution is 5.96. The van der Waals surface area contributed by atoms with E-state index in [9.17, 15) is 18.8 Å². The number of nitrogens with two attached hydrogens (primary N) is 1. The first kappa shape index (κ1) is 23.5. The Morgan fingerprint density at radius 2 is 1.73 bits per heavy atom. The molecule has 3 rings (SSSR count). The van der Waals surface area contributed by atoms with E-state index in [1.54, 1.807) is 48.5 Å². The number of hydrogen-bond acceptors (Lipinski definition) is 5. The molecule has 0 aliphatic carbocycles. The highest BCUT2D eigenvalue weighted by Crippen LogP contribution is 2.21. The van der Waals surface area contributed by atoms with E-state index in [0.717, 1.165) is 0 Å². The standard InChI is InChI=1S/C25H23FN2O5/c1-32-23(29)14-21(17-9-11-19(26)12-10-17)28-25(31)18-6-4-5-16(13-18)15-33-22-8-3-2-7-20(22)24(27)30/h2-13,21H,14-15H2,1H3,(H2,27,30)(H,28,31). The molecule has 7 nitrogen and oxygen atoms in total. The Bertz CT molecular complexity index is 1150. The number of primary amides is 1. The van der Waals surface area contributed by atoms with Gasteiger partial charge < -0.3 is 20.5 Å². The number of rotatable bonds is 9. The van der Waals surface area contributed by atoms with Crippen LogP contribution in [0.1, 0.15) is 44.3 Å². The molecule has 3 aromatic rings. The lowest BCUT2D eigenvalue weighted by Gasteiger charge is -2.18. The molecule has 3 aromatic carbocycles. The van der Waals surface area contributed by atoms with Crippen molar-refractivity contribution in [1.29, 1.82) is 0 Å². The maximum atomic E-state index is 13.3. The van der Waals surface area contributed by atoms with Crippen LogP contribution in [0, 0.1) is 5.82 Å². The SMILES string of the molecule is COC(=O)CC(NC(=O)c1cccc(COc2ccccc2C(N)=O)c1)c1ccc(F)cc1. The van der Waals surface area contributed by atoms with Crippen molar-refractivity contribution in [3.8, 4) is 5.75 Å². The van der Waals surface area contributed by atoms with Crippen molar-refractivity contribution < 1.29 is 28.2 Å². The molecule has 3 N–H and O–H groups in total. The molecule has 0 aliphatic heterocycles. The summed E-state index contributed by atoms with van der Waals surface area (Å²) in [5.41, 5.74) is 7.23. The van der Waals surface area contributed by atoms with E-state index < -0.39 is 29.6 Å². The van der Waals surface area contributed by atoms with Crippen LogP contribution in [-0.2, 0) is 16.1 Å². The van der Waals surface area contributed by atoms with Gasteiger partial charge >= 0.3 is 5.97 Å². The molecular weight excluding hydrogens is 427 g/mol. The van der Waals surface area contributed by atoms with Crippen molar-refractivity contribution in [2.75, 3.05) is 7.11 Å². The van der Waals surface area contributed by atoms with E-state index in [4.69, 9.17) is 15.2 Å². The Morgan fingerprint density at radius 3 is 2.42 bits per heavy atom. The summed E-state index contributed by atoms with van der Waals surface area (Å²) < 4.78 is 23.7. The molecule has 1 atom stereocenters. The predicted octanol–water partition coefficient (Wildman–Crippen LogP) is 3.54. The molecule has 8 heteroatoms. The molecule has 0 aliphatic rings. The number of nitrogens with one attached hydrogen (secondary N) is 1. The molecule has 33 heavy (non-hydrogen) atoms. The quantitative estimate of drug-likeness (QED) is 0.485. The third kappa shape index (κ3) is 6.39. The third-order valence-electron chi connectivity index (χ3n) is 4.91. The van der Waals surface area contributed by atoms with Crippen molar-refractivity contribution >= 4 is 17.8 Å². The normalized spacial score (nSPS) is 11.3. The van der Waals surface area contributed by atoms with Crippen LogP contribution in [0.2, 0.25) is 0 Å². The number of methoxy groups -OCH3 is 1. The van der Waals surface area contributed by atoms with Crippen molar-refractivity contribution in [3.63, 3.8) is 0 Å². The molecule has 0 fully saturated rings. The Balaban J connectivity index is 1.74. The summed E-state index contributed by atoms with van der Waals surface area (Å²) in [5, 5.41) is 2.80. The highest BCUT2D eigenvalue weighted by Gasteiger charge is 2.20. The van der Waals surface area contributed by atoms with Crippen LogP contribution in [0.15, 0.2) is 72.8 Å². The summed E-state index contributed by atoms with van der Waals surface area (Å²) >= 11 is 0. The lowest BCUT2D eigenvalue weighted by atomic mass is 10.0. The van der Waals surface area contributed by atoms with Gasteiger partial charge in [-0.3, -0.25) is 14.4 Å². The van der Waals surface area contributed by atoms with E-state index >= 15 is 0 Å². The average Bonchev–Trinajstić information content (AvgIpc) is 2.83. The number of para-hydroxylation sites is 1. The van der Waals surface area contributed by atoms with E-state index in [-0.39, 0.29) is 18.6 Å². The van der Waals surface area contributed by atoms with Crippen molar-refractivity contribution in [2.24, 2.45) is 5.73 Å². The molecule has 0 heterocycles. The second-order valence-corrected chi connectivity index (χ2v) is 7.21. The molecule has 0 saturated heterocycles. The lowest BCUT2D eigenvalue weighted by Crippen LogP contribution is -2.30. The van der Waals surface area contributed by atoms with Crippen LogP contribution in [0.4, 0.5) is 4.39 Å². The molecule has 0 bridgehead atoms. The second-order valence-electron chi connectivity index (χ2n) is 7.21. The average molecular weight is 450 g/mol. The Hall–Kier alpha value is -4.20. The number of carbonyl (C=O) groups excluding carboxylic acids is 3. The minimum atomic E-state index is -0.701. The van der Waals surface area contributed by atoms with Gasteiger partial charge in [-0.05, 0) is 47.5 Å². The maximum absolute atomic E-state index is 13.3. The van der Waals surface area contributed by atoms with Gasteiger partial charge in [0, 0.05) is 5.56 Å². The Morgan fingerprint density at radius 1 is 1.00 bits per heavy atom. The van der Waals surface area contributed by atoms with Crippen LogP contribution in [0.3, 0.4) is 0 Å². The maximum Gasteiger partial charge on any atom is 0.307 e. The number of halogens is 1. The molecule has 1 unspecified atom stereocenters. The summed E-state index contributed by atoms with van der Waals surface area (Å²) in [6.07, 6.45) is -0.111. The number of esters is 1. The number of amides is 2. The monoisotopic (exact) mass is 450 g/mol. The largest absolute Gasteiger partial charge is 0.488 e. The van der Waals surface area contributed by atoms with Crippen LogP contribution in [-0.4, -0.2) is 24.9 Å². The van der Waals surface area contributed by atoms with Gasteiger partial charge in [-0.25, -0.2) is 4.39 Å². The summed E-state index contributed by atoms with van der Waals surface area (Å²) in [6.45, 7) is 0.106. The topological polar surface area (TPSA) is 108 Å². The van der Waals surface area contributed by atoms with Gasteiger partial charge in [-0.15, -0.1) is 0 Å². The van der Waals surface area contributed by atoms with Gasteiger partial charge in [0.05, 0.1) is 25.1 Å². The zero-order chi connectivity index (χ0) is 23.8. The van der Waals surface area contributed by atoms with Crippen molar-refractivity contribution in [3.05, 3.63) is 101 Å². The smallest absolute Gasteiger partial charge is 0.307 e. The van der Waals surface area contributed by atoms with Crippen molar-refractivity contribution in [2.45, 2.75) is 19.1 Å². The summed E-state index contributed by atoms with van der Waals surface area (Å²) in [7, 11) is 1.26. The fourth-order valence-corrected chi connectivity index (χ4v) is 3.20. The minimum absolute atomic E-state index is 0.106. The molecule has 2 amide bonds. The van der Waals surface area contributed by atoms with Crippen LogP contribution >= 0.6 is 0 Å². The van der Waals surface area contributed by atoms with Crippen LogP contribution in [0.5, 0.6) is 5.75 Å². The first-order valence-electron chi connectivity index (χ1n) is 10.1. The number of benzene rings is 3. The first-order chi connectivity index (χ1) is 15.9. The predicted molar refractivity (Wildman–Crippen MR) is 119 cm³/mol. The van der Waals surface area contributed by atoms with Crippen LogP contribution in [0.25, 0.3) is 0 Å². The molecule has 0 spiro atoms. The van der Waals surface area contributed by atoms with Gasteiger partial charge in [0.25, 0.3) is 11.8 Å². The summed E-state index contributed by atoms with van der Waals surface area (Å²) in [6, 6.07) is 18.2. The van der Waals surface area contributed by atoms with Gasteiger partial charge in [0.1, 0.15) is 18.2 Å². The molecular formula is C25H23FN2O5. The van der Waals surface area contributed by atoms with Gasteiger partial charge in [0.2, 0.25) is 0 Å². The molecule has 170 valence electrons. The van der Waals surface area contributed by atoms with E-state index in [0.29, 0.717) is 22.4 Å². The van der Waals surface area contributed by atoms with Gasteiger partial charge in [0.15, 0.2) is 0 Å². The minimum Gasteiger partial charge on any atom is -0.488 e. The second kappa shape index (κ2) is 10.9.